The van der Waals surface area contributed by atoms with Crippen LogP contribution in [0.4, 0.5) is 34.1 Å². The van der Waals surface area contributed by atoms with Crippen LogP contribution in [0.1, 0.15) is 90.7 Å². The van der Waals surface area contributed by atoms with Gasteiger partial charge in [-0.05, 0) is 318 Å². The molecule has 2 aromatic heterocycles. The Hall–Kier alpha value is -18.2. The molecule has 21 aromatic carbocycles. The lowest BCUT2D eigenvalue weighted by Crippen LogP contribution is -2.29. The van der Waals surface area contributed by atoms with E-state index in [2.05, 4.69) is 519 Å². The van der Waals surface area contributed by atoms with Crippen molar-refractivity contribution in [2.75, 3.05) is 23.0 Å². The van der Waals surface area contributed by atoms with Gasteiger partial charge in [0.05, 0.1) is 61.7 Å². The SMILES string of the molecule is C=Cc1ccc(OCCC2(c3ccccc3)c3ccccc3-c3ccc(N(c4ccc(-c5cccc(C)c5)cc4)c4ccc(-c5ccc6c(c5)c5ccccc5n6-c5ccc(COCc6ccc(COCc7ccc(-n8c9ccccc9c9cc(-c%10ccc(N(c%11ccc(-c%12cccc(C)c%12)cc%11)c%11ccc%12c(c%11)C(CCOc%11ccc(C=C)cc%11)(c%11ccccc%11)c%11ccccc%11-%12)cc%10)ccc98)cc7)cc6)cc5)cc4)cc32)cc1. The molecule has 0 saturated heterocycles. The van der Waals surface area contributed by atoms with E-state index in [9.17, 15) is 0 Å². The summed E-state index contributed by atoms with van der Waals surface area (Å²) in [6.45, 7) is 15.2. The van der Waals surface area contributed by atoms with Gasteiger partial charge in [0.15, 0.2) is 0 Å². The van der Waals surface area contributed by atoms with E-state index in [1.165, 1.54) is 111 Å². The van der Waals surface area contributed by atoms with Crippen LogP contribution in [-0.2, 0) is 46.7 Å². The minimum absolute atomic E-state index is 0.483. The van der Waals surface area contributed by atoms with E-state index in [1.807, 2.05) is 36.4 Å². The van der Waals surface area contributed by atoms with Gasteiger partial charge in [0.1, 0.15) is 11.5 Å². The fourth-order valence-corrected chi connectivity index (χ4v) is 23.3. The monoisotopic (exact) mass is 1930 g/mol. The molecule has 0 spiro atoms. The molecule has 2 heterocycles. The number of anilines is 6. The van der Waals surface area contributed by atoms with Crippen LogP contribution in [-0.4, -0.2) is 22.3 Å². The van der Waals surface area contributed by atoms with Gasteiger partial charge in [-0.2, -0.15) is 0 Å². The molecule has 23 aromatic rings. The molecule has 0 saturated carbocycles. The maximum absolute atomic E-state index is 6.67. The van der Waals surface area contributed by atoms with Gasteiger partial charge in [-0.15, -0.1) is 0 Å². The minimum Gasteiger partial charge on any atom is -0.494 e. The molecule has 2 atom stereocenters. The van der Waals surface area contributed by atoms with E-state index in [1.54, 1.807) is 0 Å². The van der Waals surface area contributed by atoms with Crippen LogP contribution in [0.15, 0.2) is 511 Å². The fourth-order valence-electron chi connectivity index (χ4n) is 23.3. The van der Waals surface area contributed by atoms with Crippen LogP contribution >= 0.6 is 0 Å². The molecule has 0 amide bonds. The van der Waals surface area contributed by atoms with Crippen LogP contribution in [0.25, 0.3) is 134 Å². The summed E-state index contributed by atoms with van der Waals surface area (Å²) in [5.41, 5.74) is 43.0. The zero-order valence-electron chi connectivity index (χ0n) is 84.0. The van der Waals surface area contributed by atoms with Crippen molar-refractivity contribution in [2.24, 2.45) is 0 Å². The third-order valence-corrected chi connectivity index (χ3v) is 30.8. The smallest absolute Gasteiger partial charge is 0.119 e. The van der Waals surface area contributed by atoms with Crippen LogP contribution in [0.5, 0.6) is 11.5 Å². The largest absolute Gasteiger partial charge is 0.494 e. The Bertz CT molecular complexity index is 8420. The highest BCUT2D eigenvalue weighted by Crippen LogP contribution is 2.59. The number of hydrogen-bond acceptors (Lipinski definition) is 6. The Balaban J connectivity index is 0.422. The molecule has 0 aliphatic heterocycles. The van der Waals surface area contributed by atoms with Gasteiger partial charge in [0.25, 0.3) is 0 Å². The van der Waals surface area contributed by atoms with Gasteiger partial charge in [-0.3, -0.25) is 0 Å². The highest BCUT2D eigenvalue weighted by atomic mass is 16.5. The molecule has 8 nitrogen and oxygen atoms in total. The number of rotatable bonds is 32. The Kier molecular flexibility index (Phi) is 25.0. The third-order valence-electron chi connectivity index (χ3n) is 30.8. The number of ether oxygens (including phenoxy) is 4. The van der Waals surface area contributed by atoms with Gasteiger partial charge >= 0.3 is 0 Å². The molecule has 2 aliphatic rings. The predicted molar refractivity (Wildman–Crippen MR) is 622 cm³/mol. The summed E-state index contributed by atoms with van der Waals surface area (Å²) in [4.78, 5) is 4.84. The van der Waals surface area contributed by atoms with Crippen molar-refractivity contribution >= 4 is 89.9 Å². The first-order valence-corrected chi connectivity index (χ1v) is 52.0. The number of fused-ring (bicyclic) bond motifs is 12. The highest BCUT2D eigenvalue weighted by molar-refractivity contribution is 6.12. The molecule has 0 fully saturated rings. The summed E-state index contributed by atoms with van der Waals surface area (Å²) < 4.78 is 31.0. The Morgan fingerprint density at radius 2 is 0.547 bits per heavy atom. The number of aryl methyl sites for hydroxylation is 2. The summed E-state index contributed by atoms with van der Waals surface area (Å²) in [7, 11) is 0. The van der Waals surface area contributed by atoms with E-state index in [4.69, 9.17) is 18.9 Å². The number of para-hydroxylation sites is 2. The normalized spacial score (nSPS) is 13.8. The van der Waals surface area contributed by atoms with E-state index in [-0.39, 0.29) is 0 Å². The molecule has 2 aliphatic carbocycles. The number of benzene rings is 21. The summed E-state index contributed by atoms with van der Waals surface area (Å²) in [6, 6.07) is 182. The van der Waals surface area contributed by atoms with Crippen molar-refractivity contribution in [2.45, 2.75) is 63.9 Å². The molecule has 25 rings (SSSR count). The van der Waals surface area contributed by atoms with Crippen molar-refractivity contribution in [1.82, 2.24) is 9.13 Å². The van der Waals surface area contributed by atoms with Gasteiger partial charge in [-0.1, -0.05) is 376 Å². The van der Waals surface area contributed by atoms with Crippen LogP contribution in [0.2, 0.25) is 0 Å². The van der Waals surface area contributed by atoms with Crippen LogP contribution in [0.3, 0.4) is 0 Å². The Morgan fingerprint density at radius 3 is 0.907 bits per heavy atom. The van der Waals surface area contributed by atoms with E-state index in [0.29, 0.717) is 39.6 Å². The lowest BCUT2D eigenvalue weighted by atomic mass is 9.70. The summed E-state index contributed by atoms with van der Waals surface area (Å²) in [5, 5.41) is 4.79. The van der Waals surface area contributed by atoms with Gasteiger partial charge in [-0.25, -0.2) is 0 Å². The second kappa shape index (κ2) is 40.3. The van der Waals surface area contributed by atoms with Gasteiger partial charge < -0.3 is 37.9 Å². The predicted octanol–water partition coefficient (Wildman–Crippen LogP) is 36.4. The molecule has 8 heteroatoms. The minimum atomic E-state index is -0.504. The summed E-state index contributed by atoms with van der Waals surface area (Å²) in [5.74, 6) is 1.68. The average molecular weight is 1940 g/mol. The third kappa shape index (κ3) is 17.6. The molecule has 0 bridgehead atoms. The van der Waals surface area contributed by atoms with Crippen molar-refractivity contribution in [1.29, 1.82) is 0 Å². The molecule has 0 N–H and O–H groups in total. The molecule has 0 radical (unpaired) electrons. The van der Waals surface area contributed by atoms with E-state index >= 15 is 0 Å². The first-order valence-electron chi connectivity index (χ1n) is 52.0. The first-order chi connectivity index (χ1) is 74.0. The lowest BCUT2D eigenvalue weighted by Gasteiger charge is -2.34. The molecule has 150 heavy (non-hydrogen) atoms. The molecule has 722 valence electrons. The second-order valence-corrected chi connectivity index (χ2v) is 39.7. The topological polar surface area (TPSA) is 53.3 Å². The molecular formula is C142H110N4O4. The Morgan fingerprint density at radius 1 is 0.240 bits per heavy atom. The lowest BCUT2D eigenvalue weighted by molar-refractivity contribution is 0.105. The number of nitrogens with zero attached hydrogens (tertiary/aromatic N) is 4. The molecular weight excluding hydrogens is 1830 g/mol. The maximum Gasteiger partial charge on any atom is 0.119 e. The standard InChI is InChI=1S/C142H110N4O4/c1-5-99-47-75-123(76-48-99)149-85-83-141(113-27-9-7-10-28-113)133-35-17-13-31-125(133)127-79-73-121(91-135(127)141)143(115-65-51-105(52-66-115)109-25-21-23-97(3)87-109)117-69-55-107(56-70-117)111-59-81-139-131(89-111)129-33-15-19-37-137(129)145(139)119-61-43-103(44-62-119)95-147-93-101-39-41-102(42-40-101)94-148-96-104-45-63-120(64-46-104)146-138-38-20-16-34-130(138)132-90-112(60-82-140(132)146)108-57-71-118(72-58-108)144(116-67-53-106(54-68-116)110-26-22-24-98(4)88-110)122-74-80-128-126-32-14-18-36-134(126)142(136(128)92-122,114-29-11-8-12-30-114)84-86-150-124-77-49-100(6-2)50-78-124/h5-82,87-92H,1-2,83-86,93-96H2,3-4H3. The van der Waals surface area contributed by atoms with Crippen molar-refractivity contribution in [3.8, 4) is 89.6 Å². The zero-order valence-corrected chi connectivity index (χ0v) is 84.0. The van der Waals surface area contributed by atoms with Crippen molar-refractivity contribution in [3.63, 3.8) is 0 Å². The number of hydrogen-bond donors (Lipinski definition) is 0. The first kappa shape index (κ1) is 92.9. The van der Waals surface area contributed by atoms with Crippen molar-refractivity contribution in [3.05, 3.63) is 588 Å². The quantitative estimate of drug-likeness (QED) is 0.0419. The maximum atomic E-state index is 6.67. The van der Waals surface area contributed by atoms with E-state index in [0.717, 1.165) is 148 Å². The van der Waals surface area contributed by atoms with Gasteiger partial charge in [0, 0.05) is 77.9 Å². The van der Waals surface area contributed by atoms with Crippen LogP contribution < -0.4 is 19.3 Å². The van der Waals surface area contributed by atoms with Gasteiger partial charge in [0.2, 0.25) is 0 Å². The summed E-state index contributed by atoms with van der Waals surface area (Å²) in [6.07, 6.45) is 5.18. The zero-order chi connectivity index (χ0) is 101. The Labute approximate surface area is 876 Å². The number of aromatic nitrogens is 2. The fraction of sp³-hybridized carbons (Fsp3) is 0.0845. The van der Waals surface area contributed by atoms with E-state index < -0.39 is 10.8 Å². The highest BCUT2D eigenvalue weighted by Gasteiger charge is 2.47. The second-order valence-electron chi connectivity index (χ2n) is 39.7. The van der Waals surface area contributed by atoms with Crippen LogP contribution in [0, 0.1) is 13.8 Å². The average Bonchev–Trinajstić information content (AvgIpc) is 1.55. The summed E-state index contributed by atoms with van der Waals surface area (Å²) >= 11 is 0. The van der Waals surface area contributed by atoms with Crippen molar-refractivity contribution < 1.29 is 18.9 Å². The molecule has 2 unspecified atom stereocenters.